The van der Waals surface area contributed by atoms with E-state index in [-0.39, 0.29) is 40.8 Å². The number of carbonyl (C=O) groups is 1. The monoisotopic (exact) mass is 495 g/mol. The number of ether oxygens (including phenoxy) is 2. The van der Waals surface area contributed by atoms with Gasteiger partial charge in [-0.1, -0.05) is 12.1 Å². The number of phenols is 1. The molecule has 0 fully saturated rings. The van der Waals surface area contributed by atoms with Crippen molar-refractivity contribution < 1.29 is 27.8 Å². The van der Waals surface area contributed by atoms with Gasteiger partial charge in [-0.25, -0.2) is 18.2 Å². The maximum Gasteiger partial charge on any atom is 0.340 e. The fourth-order valence-electron chi connectivity index (χ4n) is 3.83. The second-order valence-corrected chi connectivity index (χ2v) is 9.98. The minimum atomic E-state index is -3.83. The van der Waals surface area contributed by atoms with Crippen molar-refractivity contribution in [1.29, 1.82) is 0 Å². The van der Waals surface area contributed by atoms with Gasteiger partial charge in [0.1, 0.15) is 0 Å². The van der Waals surface area contributed by atoms with Crippen LogP contribution in [0.15, 0.2) is 60.0 Å². The van der Waals surface area contributed by atoms with Crippen LogP contribution in [0.2, 0.25) is 0 Å². The molecule has 182 valence electrons. The molecule has 0 unspecified atom stereocenters. The molecule has 0 aliphatic rings. The van der Waals surface area contributed by atoms with Crippen LogP contribution in [0, 0.1) is 6.92 Å². The van der Waals surface area contributed by atoms with Crippen LogP contribution in [0.3, 0.4) is 0 Å². The van der Waals surface area contributed by atoms with Gasteiger partial charge in [-0.3, -0.25) is 4.98 Å². The SMILES string of the molecule is CCOC(=O)c1cc2cc(OC)c(O)c(Cn3ccnc3)c2nc1CS(=O)(=O)c1cccc(C)c1. The molecule has 1 N–H and O–H groups in total. The zero-order valence-electron chi connectivity index (χ0n) is 19.6. The van der Waals surface area contributed by atoms with Crippen molar-refractivity contribution in [2.24, 2.45) is 0 Å². The predicted octanol–water partition coefficient (Wildman–Crippen LogP) is 3.65. The molecule has 0 atom stereocenters. The molecule has 0 amide bonds. The van der Waals surface area contributed by atoms with Crippen LogP contribution in [0.4, 0.5) is 0 Å². The summed E-state index contributed by atoms with van der Waals surface area (Å²) in [4.78, 5) is 21.6. The third-order valence-electron chi connectivity index (χ3n) is 5.51. The Labute approximate surface area is 202 Å². The number of fused-ring (bicyclic) bond motifs is 1. The summed E-state index contributed by atoms with van der Waals surface area (Å²) in [5.74, 6) is -1.13. The smallest absolute Gasteiger partial charge is 0.340 e. The molecule has 0 aliphatic carbocycles. The van der Waals surface area contributed by atoms with Gasteiger partial charge in [0, 0.05) is 23.3 Å². The molecule has 0 saturated heterocycles. The Morgan fingerprint density at radius 1 is 1.20 bits per heavy atom. The lowest BCUT2D eigenvalue weighted by Crippen LogP contribution is -2.15. The van der Waals surface area contributed by atoms with Crippen molar-refractivity contribution in [3.05, 3.63) is 77.5 Å². The molecule has 0 bridgehead atoms. The standard InChI is InChI=1S/C25H25N3O6S/c1-4-34-25(30)19-11-17-12-22(33-3)24(29)20(13-28-9-8-26-15-28)23(17)27-21(19)14-35(31,32)18-7-5-6-16(2)10-18/h5-12,15,29H,4,13-14H2,1-3H3. The summed E-state index contributed by atoms with van der Waals surface area (Å²) in [6, 6.07) is 9.62. The fraction of sp³-hybridized carbons (Fsp3) is 0.240. The van der Waals surface area contributed by atoms with E-state index in [9.17, 15) is 18.3 Å². The lowest BCUT2D eigenvalue weighted by Gasteiger charge is -2.16. The minimum Gasteiger partial charge on any atom is -0.504 e. The van der Waals surface area contributed by atoms with Crippen LogP contribution in [-0.4, -0.2) is 47.7 Å². The van der Waals surface area contributed by atoms with Crippen molar-refractivity contribution in [2.45, 2.75) is 31.0 Å². The lowest BCUT2D eigenvalue weighted by molar-refractivity contribution is 0.0525. The topological polar surface area (TPSA) is 121 Å². The predicted molar refractivity (Wildman–Crippen MR) is 129 cm³/mol. The largest absolute Gasteiger partial charge is 0.504 e. The Balaban J connectivity index is 1.93. The number of nitrogens with zero attached hydrogens (tertiary/aromatic N) is 3. The molecule has 4 rings (SSSR count). The second kappa shape index (κ2) is 9.75. The van der Waals surface area contributed by atoms with Gasteiger partial charge >= 0.3 is 5.97 Å². The Morgan fingerprint density at radius 2 is 2.00 bits per heavy atom. The first-order chi connectivity index (χ1) is 16.7. The number of hydrogen-bond acceptors (Lipinski definition) is 8. The van der Waals surface area contributed by atoms with Crippen LogP contribution in [0.5, 0.6) is 11.5 Å². The van der Waals surface area contributed by atoms with Gasteiger partial charge in [0.15, 0.2) is 21.3 Å². The molecule has 35 heavy (non-hydrogen) atoms. The third-order valence-corrected chi connectivity index (χ3v) is 7.14. The number of methoxy groups -OCH3 is 1. The van der Waals surface area contributed by atoms with E-state index < -0.39 is 21.6 Å². The first kappa shape index (κ1) is 24.2. The molecular weight excluding hydrogens is 470 g/mol. The highest BCUT2D eigenvalue weighted by Crippen LogP contribution is 2.37. The molecule has 0 aliphatic heterocycles. The Bertz CT molecular complexity index is 1500. The lowest BCUT2D eigenvalue weighted by atomic mass is 10.0. The van der Waals surface area contributed by atoms with Gasteiger partial charge in [-0.15, -0.1) is 0 Å². The highest BCUT2D eigenvalue weighted by atomic mass is 32.2. The molecule has 2 aromatic heterocycles. The first-order valence-electron chi connectivity index (χ1n) is 10.9. The van der Waals surface area contributed by atoms with E-state index in [4.69, 9.17) is 9.47 Å². The summed E-state index contributed by atoms with van der Waals surface area (Å²) >= 11 is 0. The molecular formula is C25H25N3O6S. The number of pyridine rings is 1. The summed E-state index contributed by atoms with van der Waals surface area (Å²) in [5, 5.41) is 11.4. The van der Waals surface area contributed by atoms with Crippen LogP contribution in [0.1, 0.15) is 34.1 Å². The Morgan fingerprint density at radius 3 is 2.66 bits per heavy atom. The molecule has 2 heterocycles. The van der Waals surface area contributed by atoms with Crippen molar-refractivity contribution >= 4 is 26.7 Å². The fourth-order valence-corrected chi connectivity index (χ4v) is 5.22. The van der Waals surface area contributed by atoms with Crippen molar-refractivity contribution in [3.8, 4) is 11.5 Å². The van der Waals surface area contributed by atoms with Gasteiger partial charge in [0.25, 0.3) is 0 Å². The zero-order valence-corrected chi connectivity index (χ0v) is 20.4. The number of sulfone groups is 1. The van der Waals surface area contributed by atoms with Gasteiger partial charge in [0.05, 0.1) is 54.0 Å². The zero-order chi connectivity index (χ0) is 25.2. The third kappa shape index (κ3) is 4.97. The summed E-state index contributed by atoms with van der Waals surface area (Å²) in [7, 11) is -2.41. The molecule has 0 radical (unpaired) electrons. The first-order valence-corrected chi connectivity index (χ1v) is 12.5. The maximum absolute atomic E-state index is 13.3. The number of carbonyl (C=O) groups excluding carboxylic acids is 1. The summed E-state index contributed by atoms with van der Waals surface area (Å²) in [6.45, 7) is 3.79. The van der Waals surface area contributed by atoms with Crippen LogP contribution in [-0.2, 0) is 26.9 Å². The van der Waals surface area contributed by atoms with Gasteiger partial charge in [-0.05, 0) is 43.7 Å². The number of phenolic OH excluding ortho intramolecular Hbond substituents is 1. The molecule has 9 nitrogen and oxygen atoms in total. The van der Waals surface area contributed by atoms with Crippen LogP contribution < -0.4 is 4.74 Å². The van der Waals surface area contributed by atoms with Crippen molar-refractivity contribution in [2.75, 3.05) is 13.7 Å². The van der Waals surface area contributed by atoms with Crippen LogP contribution >= 0.6 is 0 Å². The molecule has 4 aromatic rings. The molecule has 2 aromatic carbocycles. The van der Waals surface area contributed by atoms with Crippen molar-refractivity contribution in [1.82, 2.24) is 14.5 Å². The van der Waals surface area contributed by atoms with Crippen LogP contribution in [0.25, 0.3) is 10.9 Å². The number of rotatable bonds is 8. The molecule has 0 spiro atoms. The quantitative estimate of drug-likeness (QED) is 0.368. The minimum absolute atomic E-state index is 0.0360. The Hall–Kier alpha value is -3.92. The highest BCUT2D eigenvalue weighted by Gasteiger charge is 2.25. The average Bonchev–Trinajstić information content (AvgIpc) is 3.34. The van der Waals surface area contributed by atoms with E-state index in [1.165, 1.54) is 19.2 Å². The maximum atomic E-state index is 13.3. The second-order valence-electron chi connectivity index (χ2n) is 7.99. The normalized spacial score (nSPS) is 11.5. The van der Waals surface area contributed by atoms with E-state index >= 15 is 0 Å². The number of esters is 1. The van der Waals surface area contributed by atoms with E-state index in [0.29, 0.717) is 16.5 Å². The highest BCUT2D eigenvalue weighted by molar-refractivity contribution is 7.90. The molecule has 0 saturated carbocycles. The van der Waals surface area contributed by atoms with Gasteiger partial charge in [0.2, 0.25) is 0 Å². The summed E-state index contributed by atoms with van der Waals surface area (Å²) in [6.07, 6.45) is 4.91. The summed E-state index contributed by atoms with van der Waals surface area (Å²) < 4.78 is 38.8. The number of benzene rings is 2. The number of hydrogen-bond donors (Lipinski definition) is 1. The van der Waals surface area contributed by atoms with E-state index in [1.807, 2.05) is 0 Å². The van der Waals surface area contributed by atoms with Gasteiger partial charge in [-0.2, -0.15) is 0 Å². The number of imidazole rings is 1. The average molecular weight is 496 g/mol. The van der Waals surface area contributed by atoms with Gasteiger partial charge < -0.3 is 19.1 Å². The van der Waals surface area contributed by atoms with Crippen molar-refractivity contribution in [3.63, 3.8) is 0 Å². The van der Waals surface area contributed by atoms with E-state index in [0.717, 1.165) is 5.56 Å². The Kier molecular flexibility index (Phi) is 6.74. The number of aromatic hydroxyl groups is 1. The number of aryl methyl sites for hydroxylation is 1. The molecule has 10 heteroatoms. The number of aromatic nitrogens is 3. The van der Waals surface area contributed by atoms with E-state index in [1.54, 1.807) is 61.4 Å². The summed E-state index contributed by atoms with van der Waals surface area (Å²) in [5.41, 5.74) is 1.62. The van der Waals surface area contributed by atoms with E-state index in [2.05, 4.69) is 9.97 Å².